The summed E-state index contributed by atoms with van der Waals surface area (Å²) in [6.45, 7) is 1.71. The molecule has 2 N–H and O–H groups in total. The number of nitrogens with two attached hydrogens (primary N) is 1. The molecule has 6 nitrogen and oxygen atoms in total. The number of ether oxygens (including phenoxy) is 1. The maximum Gasteiger partial charge on any atom is 0.255 e. The van der Waals surface area contributed by atoms with E-state index >= 15 is 0 Å². The Hall–Kier alpha value is -4.00. The summed E-state index contributed by atoms with van der Waals surface area (Å²) in [5.74, 6) is 0.575. The number of benzene rings is 4. The van der Waals surface area contributed by atoms with Crippen LogP contribution in [-0.2, 0) is 4.79 Å². The Balaban J connectivity index is 1.20. The van der Waals surface area contributed by atoms with Crippen molar-refractivity contribution in [3.05, 3.63) is 123 Å². The number of primary amides is 1. The number of hydrogen-bond donors (Lipinski definition) is 1. The second kappa shape index (κ2) is 12.2. The number of anilines is 1. The van der Waals surface area contributed by atoms with Gasteiger partial charge in [0, 0.05) is 52.1 Å². The van der Waals surface area contributed by atoms with Gasteiger partial charge in [0.2, 0.25) is 0 Å². The third kappa shape index (κ3) is 6.01. The third-order valence-electron chi connectivity index (χ3n) is 8.84. The smallest absolute Gasteiger partial charge is 0.255 e. The number of hydrogen-bond acceptors (Lipinski definition) is 4. The van der Waals surface area contributed by atoms with Crippen LogP contribution in [0.5, 0.6) is 5.75 Å². The Morgan fingerprint density at radius 1 is 0.841 bits per heavy atom. The molecule has 0 atom stereocenters. The largest absolute Gasteiger partial charge is 0.484 e. The number of piperidine rings is 1. The van der Waals surface area contributed by atoms with E-state index in [9.17, 15) is 4.79 Å². The average Bonchev–Trinajstić information content (AvgIpc) is 3.82. The number of carbonyl (C=O) groups excluding carboxylic acids is 1. The van der Waals surface area contributed by atoms with Crippen molar-refractivity contribution in [1.82, 2.24) is 9.78 Å². The van der Waals surface area contributed by atoms with Crippen LogP contribution in [0.25, 0.3) is 10.9 Å². The molecule has 0 bridgehead atoms. The first-order valence-electron chi connectivity index (χ1n) is 15.2. The number of aromatic nitrogens is 2. The summed E-state index contributed by atoms with van der Waals surface area (Å²) < 4.78 is 7.83. The van der Waals surface area contributed by atoms with Crippen LogP contribution in [0.15, 0.2) is 91.0 Å². The van der Waals surface area contributed by atoms with Crippen LogP contribution in [0.4, 0.5) is 5.69 Å². The summed E-state index contributed by atoms with van der Waals surface area (Å²) in [6.07, 6.45) is 4.38. The predicted molar refractivity (Wildman–Crippen MR) is 177 cm³/mol. The van der Waals surface area contributed by atoms with Crippen LogP contribution >= 0.6 is 23.2 Å². The van der Waals surface area contributed by atoms with Gasteiger partial charge in [0.05, 0.1) is 17.3 Å². The molecule has 1 saturated carbocycles. The molecule has 1 amide bonds. The first-order valence-corrected chi connectivity index (χ1v) is 16.0. The maximum absolute atomic E-state index is 11.2. The van der Waals surface area contributed by atoms with Crippen molar-refractivity contribution in [2.75, 3.05) is 24.6 Å². The minimum Gasteiger partial charge on any atom is -0.484 e. The summed E-state index contributed by atoms with van der Waals surface area (Å²) in [4.78, 5) is 13.6. The van der Waals surface area contributed by atoms with E-state index in [1.54, 1.807) is 0 Å². The van der Waals surface area contributed by atoms with Crippen LogP contribution in [-0.4, -0.2) is 35.4 Å². The van der Waals surface area contributed by atoms with Crippen molar-refractivity contribution >= 4 is 45.7 Å². The summed E-state index contributed by atoms with van der Waals surface area (Å²) >= 11 is 12.6. The number of amides is 1. The van der Waals surface area contributed by atoms with Gasteiger partial charge in [-0.3, -0.25) is 9.48 Å². The second-order valence-electron chi connectivity index (χ2n) is 11.9. The van der Waals surface area contributed by atoms with E-state index in [0.29, 0.717) is 17.7 Å². The molecule has 224 valence electrons. The van der Waals surface area contributed by atoms with Gasteiger partial charge in [0.1, 0.15) is 5.75 Å². The number of rotatable bonds is 9. The Morgan fingerprint density at radius 3 is 2.09 bits per heavy atom. The zero-order valence-corrected chi connectivity index (χ0v) is 25.8. The van der Waals surface area contributed by atoms with Crippen LogP contribution in [0, 0.1) is 0 Å². The Kier molecular flexibility index (Phi) is 7.96. The third-order valence-corrected chi connectivity index (χ3v) is 9.34. The molecule has 1 aliphatic heterocycles. The molecular weight excluding hydrogens is 591 g/mol. The van der Waals surface area contributed by atoms with Gasteiger partial charge in [-0.2, -0.15) is 5.10 Å². The van der Waals surface area contributed by atoms with Crippen molar-refractivity contribution in [2.24, 2.45) is 5.73 Å². The van der Waals surface area contributed by atoms with Gasteiger partial charge in [-0.05, 0) is 90.9 Å². The highest BCUT2D eigenvalue weighted by atomic mass is 35.5. The maximum atomic E-state index is 11.2. The first kappa shape index (κ1) is 28.8. The second-order valence-corrected chi connectivity index (χ2v) is 12.8. The fourth-order valence-corrected chi connectivity index (χ4v) is 6.74. The van der Waals surface area contributed by atoms with Crippen molar-refractivity contribution in [2.45, 2.75) is 43.6 Å². The molecule has 7 rings (SSSR count). The highest BCUT2D eigenvalue weighted by molar-refractivity contribution is 6.30. The average molecular weight is 626 g/mol. The van der Waals surface area contributed by atoms with E-state index in [1.807, 2.05) is 42.5 Å². The lowest BCUT2D eigenvalue weighted by Crippen LogP contribution is -2.33. The van der Waals surface area contributed by atoms with Gasteiger partial charge in [-0.25, -0.2) is 0 Å². The normalized spacial score (nSPS) is 15.7. The lowest BCUT2D eigenvalue weighted by molar-refractivity contribution is -0.119. The highest BCUT2D eigenvalue weighted by Crippen LogP contribution is 2.43. The molecule has 44 heavy (non-hydrogen) atoms. The van der Waals surface area contributed by atoms with Crippen molar-refractivity contribution in [3.8, 4) is 5.75 Å². The lowest BCUT2D eigenvalue weighted by Gasteiger charge is -2.33. The number of carbonyl (C=O) groups is 1. The molecule has 0 radical (unpaired) electrons. The van der Waals surface area contributed by atoms with E-state index in [1.165, 1.54) is 46.1 Å². The molecule has 1 saturated heterocycles. The van der Waals surface area contributed by atoms with Gasteiger partial charge >= 0.3 is 0 Å². The highest BCUT2D eigenvalue weighted by Gasteiger charge is 2.31. The van der Waals surface area contributed by atoms with Crippen LogP contribution in [0.3, 0.4) is 0 Å². The van der Waals surface area contributed by atoms with E-state index < -0.39 is 5.91 Å². The fourth-order valence-electron chi connectivity index (χ4n) is 6.48. The SMILES string of the molecule is NC(=O)COc1cccc(N2CCC(c3nn(C4CC4)c4ccc(C(c5ccc(Cl)cc5)c5ccc(Cl)cc5)cc34)CC2)c1. The predicted octanol–water partition coefficient (Wildman–Crippen LogP) is 8.11. The van der Waals surface area contributed by atoms with Gasteiger partial charge in [-0.1, -0.05) is 59.6 Å². The molecule has 4 aromatic carbocycles. The summed E-state index contributed by atoms with van der Waals surface area (Å²) in [6, 6.07) is 31.6. The molecular formula is C36H34Cl2N4O2. The van der Waals surface area contributed by atoms with E-state index in [4.69, 9.17) is 38.8 Å². The van der Waals surface area contributed by atoms with Gasteiger partial charge in [0.15, 0.2) is 6.61 Å². The molecule has 2 fully saturated rings. The number of fused-ring (bicyclic) bond motifs is 1. The Bertz CT molecular complexity index is 1740. The fraction of sp³-hybridized carbons (Fsp3) is 0.278. The van der Waals surface area contributed by atoms with Crippen LogP contribution in [0.1, 0.15) is 65.9 Å². The molecule has 1 aromatic heterocycles. The van der Waals surface area contributed by atoms with Crippen LogP contribution in [0.2, 0.25) is 10.0 Å². The zero-order valence-electron chi connectivity index (χ0n) is 24.3. The van der Waals surface area contributed by atoms with Crippen molar-refractivity contribution in [1.29, 1.82) is 0 Å². The summed E-state index contributed by atoms with van der Waals surface area (Å²) in [7, 11) is 0. The van der Waals surface area contributed by atoms with E-state index in [0.717, 1.165) is 41.7 Å². The Labute approximate surface area is 267 Å². The van der Waals surface area contributed by atoms with E-state index in [-0.39, 0.29) is 12.5 Å². The first-order chi connectivity index (χ1) is 21.4. The van der Waals surface area contributed by atoms with Crippen molar-refractivity contribution in [3.63, 3.8) is 0 Å². The Morgan fingerprint density at radius 2 is 1.48 bits per heavy atom. The van der Waals surface area contributed by atoms with Gasteiger partial charge < -0.3 is 15.4 Å². The minimum atomic E-state index is -0.482. The van der Waals surface area contributed by atoms with Crippen molar-refractivity contribution < 1.29 is 9.53 Å². The molecule has 2 aliphatic rings. The van der Waals surface area contributed by atoms with Gasteiger partial charge in [-0.15, -0.1) is 0 Å². The molecule has 8 heteroatoms. The minimum absolute atomic E-state index is 0.0389. The van der Waals surface area contributed by atoms with E-state index in [2.05, 4.69) is 58.1 Å². The monoisotopic (exact) mass is 624 g/mol. The molecule has 2 heterocycles. The molecule has 0 unspecified atom stereocenters. The molecule has 0 spiro atoms. The lowest BCUT2D eigenvalue weighted by atomic mass is 9.84. The molecule has 5 aromatic rings. The standard InChI is InChI=1S/C36H34Cl2N4O2/c37-27-9-4-23(5-10-27)35(24-6-11-28(38)12-7-24)26-8-15-33-32(20-26)36(40-42(33)29-13-14-29)25-16-18-41(19-17-25)30-2-1-3-31(21-30)44-22-34(39)43/h1-12,15,20-21,25,29,35H,13-14,16-19,22H2,(H2,39,43). The summed E-state index contributed by atoms with van der Waals surface area (Å²) in [5, 5.41) is 8.00. The molecule has 1 aliphatic carbocycles. The topological polar surface area (TPSA) is 73.4 Å². The van der Waals surface area contributed by atoms with Crippen LogP contribution < -0.4 is 15.4 Å². The quantitative estimate of drug-likeness (QED) is 0.168. The number of halogens is 2. The summed E-state index contributed by atoms with van der Waals surface area (Å²) in [5.41, 5.74) is 12.4. The van der Waals surface area contributed by atoms with Gasteiger partial charge in [0.25, 0.3) is 5.91 Å². The zero-order chi connectivity index (χ0) is 30.2. The number of nitrogens with zero attached hydrogens (tertiary/aromatic N) is 3.